The number of carbonyl (C=O) groups excluding carboxylic acids is 1. The Balaban J connectivity index is 2.04. The van der Waals surface area contributed by atoms with Crippen LogP contribution in [0.25, 0.3) is 0 Å². The predicted octanol–water partition coefficient (Wildman–Crippen LogP) is 1.92. The van der Waals surface area contributed by atoms with E-state index < -0.39 is 12.0 Å². The number of nitrogens with zero attached hydrogens (tertiary/aromatic N) is 2. The lowest BCUT2D eigenvalue weighted by Crippen LogP contribution is -2.45. The Hall–Kier alpha value is -2.69. The largest absolute Gasteiger partial charge is 0.548 e. The number of carboxylic acids is 1. The highest BCUT2D eigenvalue weighted by Gasteiger charge is 2.20. The number of rotatable bonds is 8. The average Bonchev–Trinajstić information content (AvgIpc) is 2.55. The molecule has 0 aliphatic heterocycles. The summed E-state index contributed by atoms with van der Waals surface area (Å²) in [6.07, 6.45) is 0.811. The first-order chi connectivity index (χ1) is 10.7. The summed E-state index contributed by atoms with van der Waals surface area (Å²) in [7, 11) is 0. The number of aliphatic carboxylic acids is 1. The molecule has 0 aromatic heterocycles. The number of benzene rings is 2. The summed E-state index contributed by atoms with van der Waals surface area (Å²) in [5, 5.41) is 15.3. The average molecular weight is 297 g/mol. The maximum Gasteiger partial charge on any atom is 0.0903 e. The van der Waals surface area contributed by atoms with Gasteiger partial charge in [0.2, 0.25) is 0 Å². The second-order valence-electron chi connectivity index (χ2n) is 5.02. The number of hydrogen-bond acceptors (Lipinski definition) is 4. The van der Waals surface area contributed by atoms with Gasteiger partial charge < -0.3 is 9.90 Å². The Morgan fingerprint density at radius 1 is 1.00 bits per heavy atom. The van der Waals surface area contributed by atoms with E-state index in [4.69, 9.17) is 0 Å². The minimum Gasteiger partial charge on any atom is -0.548 e. The van der Waals surface area contributed by atoms with Gasteiger partial charge in [-0.25, -0.2) is 5.01 Å². The number of aryl methyl sites for hydroxylation is 1. The molecule has 2 aromatic carbocycles. The molecule has 0 bridgehead atoms. The molecule has 0 heterocycles. The van der Waals surface area contributed by atoms with Crippen LogP contribution in [-0.2, 0) is 17.8 Å². The molecule has 5 nitrogen and oxygen atoms in total. The van der Waals surface area contributed by atoms with Crippen LogP contribution >= 0.6 is 0 Å². The van der Waals surface area contributed by atoms with Crippen LogP contribution in [0.3, 0.4) is 0 Å². The quantitative estimate of drug-likeness (QED) is 0.551. The Bertz CT molecular complexity index is 602. The van der Waals surface area contributed by atoms with Crippen LogP contribution in [0.15, 0.2) is 65.9 Å². The highest BCUT2D eigenvalue weighted by molar-refractivity contribution is 5.71. The maximum atomic E-state index is 11.4. The molecular formula is C17H17N2O3-. The van der Waals surface area contributed by atoms with Gasteiger partial charge in [0.15, 0.2) is 0 Å². The Morgan fingerprint density at radius 2 is 1.55 bits per heavy atom. The molecule has 2 rings (SSSR count). The van der Waals surface area contributed by atoms with E-state index >= 15 is 0 Å². The molecule has 0 amide bonds. The van der Waals surface area contributed by atoms with Crippen molar-refractivity contribution in [2.24, 2.45) is 5.29 Å². The molecule has 114 valence electrons. The van der Waals surface area contributed by atoms with Gasteiger partial charge in [-0.2, -0.15) is 0 Å². The highest BCUT2D eigenvalue weighted by Crippen LogP contribution is 2.14. The van der Waals surface area contributed by atoms with Gasteiger partial charge in [-0.1, -0.05) is 60.7 Å². The molecule has 0 saturated carbocycles. The van der Waals surface area contributed by atoms with Crippen molar-refractivity contribution >= 4 is 5.97 Å². The van der Waals surface area contributed by atoms with Gasteiger partial charge in [0.25, 0.3) is 0 Å². The SMILES string of the molecule is O=NN(Cc1ccccc1)C(CCc1ccccc1)C(=O)[O-]. The fourth-order valence-electron chi connectivity index (χ4n) is 2.30. The number of carboxylic acid groups (broad SMARTS) is 1. The van der Waals surface area contributed by atoms with Crippen LogP contribution < -0.4 is 5.11 Å². The molecule has 1 unspecified atom stereocenters. The smallest absolute Gasteiger partial charge is 0.0903 e. The summed E-state index contributed by atoms with van der Waals surface area (Å²) in [6, 6.07) is 17.6. The van der Waals surface area contributed by atoms with Gasteiger partial charge in [-0.15, -0.1) is 4.91 Å². The van der Waals surface area contributed by atoms with Crippen molar-refractivity contribution in [2.45, 2.75) is 25.4 Å². The first-order valence-corrected chi connectivity index (χ1v) is 7.09. The third kappa shape index (κ3) is 4.41. The molecule has 5 heteroatoms. The Kier molecular flexibility index (Phi) is 5.65. The summed E-state index contributed by atoms with van der Waals surface area (Å²) in [5.74, 6) is -1.29. The van der Waals surface area contributed by atoms with E-state index in [-0.39, 0.29) is 13.0 Å². The highest BCUT2D eigenvalue weighted by atomic mass is 16.4. The Labute approximate surface area is 129 Å². The lowest BCUT2D eigenvalue weighted by atomic mass is 10.0. The summed E-state index contributed by atoms with van der Waals surface area (Å²) >= 11 is 0. The van der Waals surface area contributed by atoms with Crippen LogP contribution in [0, 0.1) is 4.91 Å². The fraction of sp³-hybridized carbons (Fsp3) is 0.235. The first-order valence-electron chi connectivity index (χ1n) is 7.09. The van der Waals surface area contributed by atoms with Gasteiger partial charge in [0.1, 0.15) is 0 Å². The Morgan fingerprint density at radius 3 is 2.05 bits per heavy atom. The van der Waals surface area contributed by atoms with E-state index in [1.54, 1.807) is 0 Å². The second kappa shape index (κ2) is 7.93. The van der Waals surface area contributed by atoms with E-state index in [0.29, 0.717) is 6.42 Å². The van der Waals surface area contributed by atoms with Crippen molar-refractivity contribution in [3.63, 3.8) is 0 Å². The molecule has 0 N–H and O–H groups in total. The van der Waals surface area contributed by atoms with Crippen LogP contribution in [-0.4, -0.2) is 17.0 Å². The number of nitroso groups, excluding NO2 is 1. The summed E-state index contributed by atoms with van der Waals surface area (Å²) in [4.78, 5) is 22.4. The van der Waals surface area contributed by atoms with E-state index in [1.165, 1.54) is 0 Å². The van der Waals surface area contributed by atoms with Gasteiger partial charge in [-0.3, -0.25) is 0 Å². The molecule has 0 aliphatic carbocycles. The zero-order chi connectivity index (χ0) is 15.8. The van der Waals surface area contributed by atoms with Crippen molar-refractivity contribution in [3.8, 4) is 0 Å². The molecule has 2 aromatic rings. The monoisotopic (exact) mass is 297 g/mol. The third-order valence-electron chi connectivity index (χ3n) is 3.47. The summed E-state index contributed by atoms with van der Waals surface area (Å²) in [5.41, 5.74) is 1.84. The minimum absolute atomic E-state index is 0.151. The van der Waals surface area contributed by atoms with Crippen LogP contribution in [0.1, 0.15) is 17.5 Å². The van der Waals surface area contributed by atoms with Gasteiger partial charge >= 0.3 is 0 Å². The minimum atomic E-state index is -1.29. The predicted molar refractivity (Wildman–Crippen MR) is 81.3 cm³/mol. The first kappa shape index (κ1) is 15.7. The lowest BCUT2D eigenvalue weighted by Gasteiger charge is -2.27. The number of carbonyl (C=O) groups is 1. The normalized spacial score (nSPS) is 11.6. The van der Waals surface area contributed by atoms with E-state index in [9.17, 15) is 14.8 Å². The summed E-state index contributed by atoms with van der Waals surface area (Å²) in [6.45, 7) is 0.151. The fourth-order valence-corrected chi connectivity index (χ4v) is 2.30. The van der Waals surface area contributed by atoms with Crippen LogP contribution in [0.2, 0.25) is 0 Å². The van der Waals surface area contributed by atoms with Crippen LogP contribution in [0.4, 0.5) is 0 Å². The zero-order valence-corrected chi connectivity index (χ0v) is 12.1. The van der Waals surface area contributed by atoms with Gasteiger partial charge in [0.05, 0.1) is 23.8 Å². The molecule has 1 atom stereocenters. The van der Waals surface area contributed by atoms with E-state index in [0.717, 1.165) is 16.1 Å². The lowest BCUT2D eigenvalue weighted by molar-refractivity contribution is -0.312. The molecule has 0 radical (unpaired) electrons. The third-order valence-corrected chi connectivity index (χ3v) is 3.47. The van der Waals surface area contributed by atoms with E-state index in [2.05, 4.69) is 5.29 Å². The van der Waals surface area contributed by atoms with Crippen molar-refractivity contribution in [2.75, 3.05) is 0 Å². The molecular weight excluding hydrogens is 280 g/mol. The van der Waals surface area contributed by atoms with Gasteiger partial charge in [0, 0.05) is 0 Å². The van der Waals surface area contributed by atoms with Crippen molar-refractivity contribution in [3.05, 3.63) is 76.7 Å². The van der Waals surface area contributed by atoms with Crippen LogP contribution in [0.5, 0.6) is 0 Å². The van der Waals surface area contributed by atoms with Crippen molar-refractivity contribution in [1.82, 2.24) is 5.01 Å². The van der Waals surface area contributed by atoms with E-state index in [1.807, 2.05) is 60.7 Å². The number of hydrogen-bond donors (Lipinski definition) is 0. The molecule has 0 aliphatic rings. The molecule has 0 spiro atoms. The zero-order valence-electron chi connectivity index (χ0n) is 12.1. The van der Waals surface area contributed by atoms with Crippen molar-refractivity contribution < 1.29 is 9.90 Å². The van der Waals surface area contributed by atoms with Gasteiger partial charge in [-0.05, 0) is 24.0 Å². The van der Waals surface area contributed by atoms with Crippen molar-refractivity contribution in [1.29, 1.82) is 0 Å². The molecule has 0 fully saturated rings. The second-order valence-corrected chi connectivity index (χ2v) is 5.02. The molecule has 22 heavy (non-hydrogen) atoms. The summed E-state index contributed by atoms with van der Waals surface area (Å²) < 4.78 is 0. The maximum absolute atomic E-state index is 11.4. The topological polar surface area (TPSA) is 72.8 Å². The molecule has 0 saturated heterocycles. The standard InChI is InChI=1S/C17H18N2O3/c20-17(21)16(12-11-14-7-3-1-4-8-14)19(18-22)13-15-9-5-2-6-10-15/h1-10,16H,11-13H2,(H,20,21)/p-1.